The summed E-state index contributed by atoms with van der Waals surface area (Å²) >= 11 is 3.90. The van der Waals surface area contributed by atoms with Crippen molar-refractivity contribution in [3.8, 4) is 0 Å². The van der Waals surface area contributed by atoms with Crippen LogP contribution in [-0.2, 0) is 0 Å². The van der Waals surface area contributed by atoms with E-state index in [0.717, 1.165) is 5.88 Å². The molecule has 0 fully saturated rings. The van der Waals surface area contributed by atoms with E-state index in [4.69, 9.17) is 0 Å². The molecule has 0 aliphatic rings. The first kappa shape index (κ1) is 9.66. The highest BCUT2D eigenvalue weighted by molar-refractivity contribution is 8.02. The molecule has 0 aromatic carbocycles. The normalized spacial score (nSPS) is 10.7. The highest BCUT2D eigenvalue weighted by atomic mass is 32.2. The standard InChI is InChI=1S/C6H15NS2/c1-7(2)6-9-5-4-8-3/h4-6H2,1-3H3. The third-order valence-electron chi connectivity index (χ3n) is 0.781. The minimum absolute atomic E-state index is 1.15. The number of hydrogen-bond donors (Lipinski definition) is 0. The Kier molecular flexibility index (Phi) is 7.27. The molecule has 0 heterocycles. The minimum atomic E-state index is 1.15. The molecular formula is C6H15NS2. The summed E-state index contributed by atoms with van der Waals surface area (Å²) in [5, 5.41) is 0. The maximum atomic E-state index is 2.20. The summed E-state index contributed by atoms with van der Waals surface area (Å²) in [5.74, 6) is 3.71. The smallest absolute Gasteiger partial charge is 0.0438 e. The fourth-order valence-electron chi connectivity index (χ4n) is 0.389. The van der Waals surface area contributed by atoms with Crippen molar-refractivity contribution < 1.29 is 0 Å². The Bertz CT molecular complexity index is 57.0. The highest BCUT2D eigenvalue weighted by Gasteiger charge is 1.88. The van der Waals surface area contributed by atoms with Gasteiger partial charge in [-0.2, -0.15) is 11.8 Å². The average molecular weight is 165 g/mol. The van der Waals surface area contributed by atoms with Crippen LogP contribution in [-0.4, -0.2) is 42.6 Å². The highest BCUT2D eigenvalue weighted by Crippen LogP contribution is 2.03. The number of rotatable bonds is 5. The van der Waals surface area contributed by atoms with Gasteiger partial charge < -0.3 is 4.90 Å². The van der Waals surface area contributed by atoms with Gasteiger partial charge in [-0.1, -0.05) is 0 Å². The first-order chi connectivity index (χ1) is 4.27. The molecule has 0 rings (SSSR count). The zero-order valence-electron chi connectivity index (χ0n) is 6.39. The van der Waals surface area contributed by atoms with Crippen LogP contribution in [0, 0.1) is 0 Å². The van der Waals surface area contributed by atoms with Crippen LogP contribution < -0.4 is 0 Å². The Morgan fingerprint density at radius 2 is 1.89 bits per heavy atom. The van der Waals surface area contributed by atoms with Crippen molar-refractivity contribution >= 4 is 23.5 Å². The van der Waals surface area contributed by atoms with Crippen LogP contribution in [0.2, 0.25) is 0 Å². The van der Waals surface area contributed by atoms with Gasteiger partial charge in [0, 0.05) is 17.4 Å². The predicted molar refractivity (Wildman–Crippen MR) is 49.4 cm³/mol. The molecule has 3 heteroatoms. The zero-order chi connectivity index (χ0) is 7.11. The van der Waals surface area contributed by atoms with Gasteiger partial charge in [-0.05, 0) is 20.4 Å². The van der Waals surface area contributed by atoms with Crippen molar-refractivity contribution in [2.75, 3.05) is 37.7 Å². The zero-order valence-corrected chi connectivity index (χ0v) is 8.02. The summed E-state index contributed by atoms with van der Waals surface area (Å²) in [4.78, 5) is 2.20. The Hall–Kier alpha value is 0.660. The second kappa shape index (κ2) is 6.78. The molecule has 0 spiro atoms. The second-order valence-corrected chi connectivity index (χ2v) is 4.17. The molecule has 0 unspecified atom stereocenters. The van der Waals surface area contributed by atoms with E-state index in [-0.39, 0.29) is 0 Å². The lowest BCUT2D eigenvalue weighted by Gasteiger charge is -2.07. The van der Waals surface area contributed by atoms with Gasteiger partial charge in [0.2, 0.25) is 0 Å². The first-order valence-corrected chi connectivity index (χ1v) is 5.53. The monoisotopic (exact) mass is 165 g/mol. The molecule has 0 bridgehead atoms. The van der Waals surface area contributed by atoms with Crippen molar-refractivity contribution in [3.05, 3.63) is 0 Å². The van der Waals surface area contributed by atoms with Gasteiger partial charge in [-0.15, -0.1) is 11.8 Å². The molecule has 0 N–H and O–H groups in total. The average Bonchev–Trinajstić information content (AvgIpc) is 1.80. The Balaban J connectivity index is 2.75. The lowest BCUT2D eigenvalue weighted by Crippen LogP contribution is -2.10. The topological polar surface area (TPSA) is 3.24 Å². The van der Waals surface area contributed by atoms with E-state index in [1.165, 1.54) is 11.5 Å². The minimum Gasteiger partial charge on any atom is -0.300 e. The number of nitrogens with zero attached hydrogens (tertiary/aromatic N) is 1. The molecular weight excluding hydrogens is 150 g/mol. The molecule has 0 aromatic heterocycles. The lowest BCUT2D eigenvalue weighted by atomic mass is 11.0. The van der Waals surface area contributed by atoms with E-state index < -0.39 is 0 Å². The van der Waals surface area contributed by atoms with Crippen molar-refractivity contribution in [2.24, 2.45) is 0 Å². The summed E-state index contributed by atoms with van der Waals surface area (Å²) in [6.07, 6.45) is 2.15. The van der Waals surface area contributed by atoms with Crippen LogP contribution in [0.1, 0.15) is 0 Å². The molecule has 1 nitrogen and oxygen atoms in total. The fourth-order valence-corrected chi connectivity index (χ4v) is 2.02. The number of hydrogen-bond acceptors (Lipinski definition) is 3. The van der Waals surface area contributed by atoms with Crippen molar-refractivity contribution in [1.29, 1.82) is 0 Å². The summed E-state index contributed by atoms with van der Waals surface area (Å²) < 4.78 is 0. The van der Waals surface area contributed by atoms with E-state index >= 15 is 0 Å². The van der Waals surface area contributed by atoms with Gasteiger partial charge in [0.1, 0.15) is 0 Å². The summed E-state index contributed by atoms with van der Waals surface area (Å²) in [6, 6.07) is 0. The van der Waals surface area contributed by atoms with E-state index in [9.17, 15) is 0 Å². The Morgan fingerprint density at radius 3 is 2.33 bits per heavy atom. The molecule has 0 radical (unpaired) electrons. The van der Waals surface area contributed by atoms with Gasteiger partial charge in [0.05, 0.1) is 0 Å². The van der Waals surface area contributed by atoms with Crippen LogP contribution in [0.4, 0.5) is 0 Å². The number of thioether (sulfide) groups is 2. The second-order valence-electron chi connectivity index (χ2n) is 2.11. The first-order valence-electron chi connectivity index (χ1n) is 2.98. The molecule has 0 atom stereocenters. The predicted octanol–water partition coefficient (Wildman–Crippen LogP) is 1.60. The SMILES string of the molecule is CSCCSCN(C)C. The maximum Gasteiger partial charge on any atom is 0.0438 e. The van der Waals surface area contributed by atoms with Crippen molar-refractivity contribution in [2.45, 2.75) is 0 Å². The van der Waals surface area contributed by atoms with E-state index in [2.05, 4.69) is 25.3 Å². The molecule has 0 saturated carbocycles. The summed E-state index contributed by atoms with van der Waals surface area (Å²) in [6.45, 7) is 0. The van der Waals surface area contributed by atoms with Crippen LogP contribution in [0.5, 0.6) is 0 Å². The Labute approximate surface area is 66.6 Å². The fraction of sp³-hybridized carbons (Fsp3) is 1.00. The lowest BCUT2D eigenvalue weighted by molar-refractivity contribution is 0.485. The molecule has 56 valence electrons. The van der Waals surface area contributed by atoms with E-state index in [1.807, 2.05) is 23.5 Å². The van der Waals surface area contributed by atoms with Gasteiger partial charge in [0.15, 0.2) is 0 Å². The molecule has 0 saturated heterocycles. The van der Waals surface area contributed by atoms with Gasteiger partial charge in [-0.25, -0.2) is 0 Å². The summed E-state index contributed by atoms with van der Waals surface area (Å²) in [7, 11) is 4.21. The van der Waals surface area contributed by atoms with Gasteiger partial charge >= 0.3 is 0 Å². The van der Waals surface area contributed by atoms with Crippen molar-refractivity contribution in [1.82, 2.24) is 4.90 Å². The Morgan fingerprint density at radius 1 is 1.22 bits per heavy atom. The molecule has 9 heavy (non-hydrogen) atoms. The third-order valence-corrected chi connectivity index (χ3v) is 2.84. The molecule has 0 aliphatic heterocycles. The quantitative estimate of drug-likeness (QED) is 0.450. The largest absolute Gasteiger partial charge is 0.300 e. The summed E-state index contributed by atoms with van der Waals surface area (Å²) in [5.41, 5.74) is 0. The van der Waals surface area contributed by atoms with E-state index in [0.29, 0.717) is 0 Å². The van der Waals surface area contributed by atoms with Crippen LogP contribution in [0.3, 0.4) is 0 Å². The van der Waals surface area contributed by atoms with Gasteiger partial charge in [-0.3, -0.25) is 0 Å². The van der Waals surface area contributed by atoms with Crippen LogP contribution in [0.25, 0.3) is 0 Å². The molecule has 0 aromatic rings. The molecule has 0 aliphatic carbocycles. The third kappa shape index (κ3) is 8.66. The van der Waals surface area contributed by atoms with Crippen LogP contribution >= 0.6 is 23.5 Å². The van der Waals surface area contributed by atoms with E-state index in [1.54, 1.807) is 0 Å². The van der Waals surface area contributed by atoms with Crippen molar-refractivity contribution in [3.63, 3.8) is 0 Å². The molecule has 0 amide bonds. The maximum absolute atomic E-state index is 2.20. The van der Waals surface area contributed by atoms with Gasteiger partial charge in [0.25, 0.3) is 0 Å². The van der Waals surface area contributed by atoms with Crippen LogP contribution in [0.15, 0.2) is 0 Å².